The number of hydrogen-bond acceptors (Lipinski definition) is 3. The first kappa shape index (κ1) is 17.5. The third kappa shape index (κ3) is 4.01. The smallest absolute Gasteiger partial charge is 0.139 e. The summed E-state index contributed by atoms with van der Waals surface area (Å²) in [6.07, 6.45) is 6.85. The highest BCUT2D eigenvalue weighted by Crippen LogP contribution is 2.34. The van der Waals surface area contributed by atoms with Gasteiger partial charge in [-0.2, -0.15) is 0 Å². The molecule has 0 radical (unpaired) electrons. The first-order valence-corrected chi connectivity index (χ1v) is 8.82. The lowest BCUT2D eigenvalue weighted by Crippen LogP contribution is -2.36. The van der Waals surface area contributed by atoms with E-state index in [9.17, 15) is 0 Å². The van der Waals surface area contributed by atoms with Gasteiger partial charge in [-0.1, -0.05) is 26.8 Å². The van der Waals surface area contributed by atoms with Gasteiger partial charge in [-0.05, 0) is 56.4 Å². The van der Waals surface area contributed by atoms with E-state index in [1.54, 1.807) is 6.20 Å². The molecule has 0 saturated heterocycles. The van der Waals surface area contributed by atoms with E-state index < -0.39 is 0 Å². The topological polar surface area (TPSA) is 42.2 Å². The van der Waals surface area contributed by atoms with Gasteiger partial charge < -0.3 is 5.32 Å². The molecule has 0 aliphatic carbocycles. The van der Waals surface area contributed by atoms with E-state index >= 15 is 0 Å². The molecule has 25 heavy (non-hydrogen) atoms. The molecule has 4 heteroatoms. The summed E-state index contributed by atoms with van der Waals surface area (Å²) in [6, 6.07) is 8.18. The summed E-state index contributed by atoms with van der Waals surface area (Å²) in [5.41, 5.74) is 4.30. The van der Waals surface area contributed by atoms with Gasteiger partial charge in [0.25, 0.3) is 0 Å². The summed E-state index contributed by atoms with van der Waals surface area (Å²) in [7, 11) is 0. The van der Waals surface area contributed by atoms with E-state index in [0.29, 0.717) is 0 Å². The summed E-state index contributed by atoms with van der Waals surface area (Å²) < 4.78 is 2.15. The van der Waals surface area contributed by atoms with Gasteiger partial charge in [0.2, 0.25) is 0 Å². The first-order chi connectivity index (χ1) is 11.6. The zero-order chi connectivity index (χ0) is 18.2. The number of imidazole rings is 1. The Balaban J connectivity index is 2.13. The van der Waals surface area contributed by atoms with Gasteiger partial charge in [0.1, 0.15) is 17.2 Å². The predicted octanol–water partition coefficient (Wildman–Crippen LogP) is 5.33. The van der Waals surface area contributed by atoms with Gasteiger partial charge in [-0.15, -0.1) is 0 Å². The molecule has 0 saturated carbocycles. The maximum atomic E-state index is 4.87. The van der Waals surface area contributed by atoms with Gasteiger partial charge in [-0.25, -0.2) is 4.98 Å². The fourth-order valence-electron chi connectivity index (χ4n) is 3.66. The lowest BCUT2D eigenvalue weighted by Gasteiger charge is -2.34. The molecule has 0 amide bonds. The normalized spacial score (nSPS) is 12.6. The molecule has 0 aliphatic heterocycles. The zero-order valence-electron chi connectivity index (χ0n) is 16.1. The molecule has 0 aliphatic rings. The molecule has 0 atom stereocenters. The predicted molar refractivity (Wildman–Crippen MR) is 105 cm³/mol. The second-order valence-corrected chi connectivity index (χ2v) is 8.73. The van der Waals surface area contributed by atoms with Crippen LogP contribution in [0, 0.1) is 12.3 Å². The summed E-state index contributed by atoms with van der Waals surface area (Å²) in [5.74, 6) is 1.03. The van der Waals surface area contributed by atoms with Crippen molar-refractivity contribution in [2.24, 2.45) is 5.41 Å². The molecule has 3 aromatic heterocycles. The number of rotatable bonds is 4. The minimum Gasteiger partial charge on any atom is -0.364 e. The Hall–Kier alpha value is -2.36. The fraction of sp³-hybridized carbons (Fsp3) is 0.429. The summed E-state index contributed by atoms with van der Waals surface area (Å²) in [5, 5.41) is 3.76. The lowest BCUT2D eigenvalue weighted by molar-refractivity contribution is 0.302. The molecule has 0 fully saturated rings. The number of nitrogens with one attached hydrogen (secondary N) is 1. The van der Waals surface area contributed by atoms with Crippen molar-refractivity contribution < 1.29 is 0 Å². The van der Waals surface area contributed by atoms with Crippen molar-refractivity contribution in [2.45, 2.75) is 53.5 Å². The Morgan fingerprint density at radius 3 is 2.48 bits per heavy atom. The van der Waals surface area contributed by atoms with Crippen LogP contribution in [-0.4, -0.2) is 19.9 Å². The Morgan fingerprint density at radius 1 is 1.08 bits per heavy atom. The Bertz CT molecular complexity index is 870. The second kappa shape index (κ2) is 6.17. The van der Waals surface area contributed by atoms with Gasteiger partial charge in [0, 0.05) is 29.7 Å². The quantitative estimate of drug-likeness (QED) is 0.700. The summed E-state index contributed by atoms with van der Waals surface area (Å²) >= 11 is 0. The van der Waals surface area contributed by atoms with Crippen LogP contribution in [0.2, 0.25) is 0 Å². The number of hydrogen-bond donors (Lipinski definition) is 1. The SMILES string of the molecule is Cc1ccc2nc(-c3cccnc3)c(NC(C)(C)CC(C)(C)C)n2c1. The van der Waals surface area contributed by atoms with E-state index in [1.165, 1.54) is 5.56 Å². The Morgan fingerprint density at radius 2 is 1.84 bits per heavy atom. The summed E-state index contributed by atoms with van der Waals surface area (Å²) in [6.45, 7) is 13.4. The Kier molecular flexibility index (Phi) is 4.31. The molecule has 132 valence electrons. The van der Waals surface area contributed by atoms with Crippen molar-refractivity contribution in [1.29, 1.82) is 0 Å². The van der Waals surface area contributed by atoms with Crippen LogP contribution in [0.25, 0.3) is 16.9 Å². The number of aryl methyl sites for hydroxylation is 1. The molecule has 3 rings (SSSR count). The van der Waals surface area contributed by atoms with E-state index in [-0.39, 0.29) is 11.0 Å². The van der Waals surface area contributed by atoms with Crippen molar-refractivity contribution in [2.75, 3.05) is 5.32 Å². The van der Waals surface area contributed by atoms with E-state index in [0.717, 1.165) is 29.1 Å². The molecule has 4 nitrogen and oxygen atoms in total. The highest BCUT2D eigenvalue weighted by atomic mass is 15.2. The van der Waals surface area contributed by atoms with Crippen LogP contribution in [0.15, 0.2) is 42.9 Å². The van der Waals surface area contributed by atoms with Gasteiger partial charge in [-0.3, -0.25) is 9.38 Å². The molecule has 3 aromatic rings. The molecular weight excluding hydrogens is 308 g/mol. The van der Waals surface area contributed by atoms with Crippen molar-refractivity contribution in [3.05, 3.63) is 48.4 Å². The average Bonchev–Trinajstić information content (AvgIpc) is 2.83. The maximum absolute atomic E-state index is 4.87. The molecule has 0 aromatic carbocycles. The third-order valence-corrected chi connectivity index (χ3v) is 4.13. The number of nitrogens with zero attached hydrogens (tertiary/aromatic N) is 3. The van der Waals surface area contributed by atoms with Crippen molar-refractivity contribution in [3.63, 3.8) is 0 Å². The minimum absolute atomic E-state index is 0.0606. The molecule has 1 N–H and O–H groups in total. The van der Waals surface area contributed by atoms with E-state index in [2.05, 4.69) is 80.6 Å². The highest BCUT2D eigenvalue weighted by molar-refractivity contribution is 5.76. The maximum Gasteiger partial charge on any atom is 0.139 e. The summed E-state index contributed by atoms with van der Waals surface area (Å²) in [4.78, 5) is 9.13. The van der Waals surface area contributed by atoms with Crippen LogP contribution in [0.3, 0.4) is 0 Å². The van der Waals surface area contributed by atoms with Crippen LogP contribution in [0.5, 0.6) is 0 Å². The van der Waals surface area contributed by atoms with Gasteiger partial charge in [0.05, 0.1) is 0 Å². The number of aromatic nitrogens is 3. The second-order valence-electron chi connectivity index (χ2n) is 8.73. The standard InChI is InChI=1S/C21H28N4/c1-15-9-10-17-23-18(16-8-7-11-22-12-16)19(25(17)13-15)24-21(5,6)14-20(2,3)4/h7-13,24H,14H2,1-6H3. The van der Waals surface area contributed by atoms with Crippen LogP contribution in [0.1, 0.15) is 46.6 Å². The lowest BCUT2D eigenvalue weighted by atomic mass is 9.82. The van der Waals surface area contributed by atoms with Crippen LogP contribution >= 0.6 is 0 Å². The minimum atomic E-state index is -0.0606. The number of fused-ring (bicyclic) bond motifs is 1. The molecule has 0 bridgehead atoms. The number of pyridine rings is 2. The largest absolute Gasteiger partial charge is 0.364 e. The van der Waals surface area contributed by atoms with Gasteiger partial charge in [0.15, 0.2) is 0 Å². The molecule has 0 spiro atoms. The molecule has 0 unspecified atom stereocenters. The molecule has 3 heterocycles. The zero-order valence-corrected chi connectivity index (χ0v) is 16.1. The average molecular weight is 336 g/mol. The first-order valence-electron chi connectivity index (χ1n) is 8.82. The van der Waals surface area contributed by atoms with Gasteiger partial charge >= 0.3 is 0 Å². The van der Waals surface area contributed by atoms with Crippen molar-refractivity contribution in [1.82, 2.24) is 14.4 Å². The fourth-order valence-corrected chi connectivity index (χ4v) is 3.66. The van der Waals surface area contributed by atoms with Crippen molar-refractivity contribution >= 4 is 11.5 Å². The van der Waals surface area contributed by atoms with E-state index in [4.69, 9.17) is 4.98 Å². The van der Waals surface area contributed by atoms with Crippen molar-refractivity contribution in [3.8, 4) is 11.3 Å². The highest BCUT2D eigenvalue weighted by Gasteiger charge is 2.28. The third-order valence-electron chi connectivity index (χ3n) is 4.13. The monoisotopic (exact) mass is 336 g/mol. The number of anilines is 1. The van der Waals surface area contributed by atoms with Crippen LogP contribution in [0.4, 0.5) is 5.82 Å². The van der Waals surface area contributed by atoms with Crippen LogP contribution < -0.4 is 5.32 Å². The Labute approximate surface area is 150 Å². The molecular formula is C21H28N4. The van der Waals surface area contributed by atoms with Crippen LogP contribution in [-0.2, 0) is 0 Å². The van der Waals surface area contributed by atoms with E-state index in [1.807, 2.05) is 12.3 Å².